The van der Waals surface area contributed by atoms with Crippen molar-refractivity contribution < 1.29 is 23.7 Å². The fraction of sp³-hybridized carbons (Fsp3) is 0.316. The highest BCUT2D eigenvalue weighted by Gasteiger charge is 2.28. The molecule has 2 aromatic rings. The Balaban J connectivity index is 1.62. The molecule has 0 saturated carbocycles. The highest BCUT2D eigenvalue weighted by molar-refractivity contribution is 6.03. The summed E-state index contributed by atoms with van der Waals surface area (Å²) in [4.78, 5) is 0. The lowest BCUT2D eigenvalue weighted by atomic mass is 9.97. The number of benzene rings is 2. The van der Waals surface area contributed by atoms with E-state index in [1.54, 1.807) is 21.3 Å². The van der Waals surface area contributed by atoms with E-state index in [0.717, 1.165) is 28.3 Å². The second-order valence-electron chi connectivity index (χ2n) is 5.94. The predicted octanol–water partition coefficient (Wildman–Crippen LogP) is 2.88. The van der Waals surface area contributed by atoms with Crippen LogP contribution in [0.2, 0.25) is 0 Å². The molecule has 0 radical (unpaired) electrons. The molecule has 7 nitrogen and oxygen atoms in total. The van der Waals surface area contributed by atoms with E-state index in [0.29, 0.717) is 23.7 Å². The van der Waals surface area contributed by atoms with Crippen molar-refractivity contribution in [3.8, 4) is 28.7 Å². The van der Waals surface area contributed by atoms with Gasteiger partial charge in [0.1, 0.15) is 0 Å². The van der Waals surface area contributed by atoms with Crippen molar-refractivity contribution in [2.45, 2.75) is 12.5 Å². The number of rotatable bonds is 5. The fourth-order valence-corrected chi connectivity index (χ4v) is 3.28. The van der Waals surface area contributed by atoms with E-state index in [4.69, 9.17) is 23.7 Å². The first-order valence-electron chi connectivity index (χ1n) is 8.26. The minimum atomic E-state index is 0.0146. The van der Waals surface area contributed by atoms with Crippen molar-refractivity contribution in [2.75, 3.05) is 28.1 Å². The molecule has 0 saturated heterocycles. The Morgan fingerprint density at radius 1 is 1.04 bits per heavy atom. The first-order valence-corrected chi connectivity index (χ1v) is 8.26. The van der Waals surface area contributed by atoms with Crippen LogP contribution in [-0.2, 0) is 0 Å². The molecule has 136 valence electrons. The van der Waals surface area contributed by atoms with Gasteiger partial charge in [-0.25, -0.2) is 0 Å². The van der Waals surface area contributed by atoms with Crippen LogP contribution in [0.4, 0.5) is 0 Å². The third-order valence-electron chi connectivity index (χ3n) is 4.55. The SMILES string of the molecule is COc1cc(C2=NNC(c3cccc4c3OCO4)C2)cc(OC)c1OC. The molecule has 0 spiro atoms. The highest BCUT2D eigenvalue weighted by atomic mass is 16.7. The van der Waals surface area contributed by atoms with E-state index in [9.17, 15) is 0 Å². The molecular formula is C19H20N2O5. The lowest BCUT2D eigenvalue weighted by molar-refractivity contribution is 0.173. The normalized spacial score (nSPS) is 17.5. The van der Waals surface area contributed by atoms with Crippen LogP contribution in [0.25, 0.3) is 0 Å². The second-order valence-corrected chi connectivity index (χ2v) is 5.94. The van der Waals surface area contributed by atoms with Crippen LogP contribution < -0.4 is 29.1 Å². The van der Waals surface area contributed by atoms with E-state index >= 15 is 0 Å². The van der Waals surface area contributed by atoms with Gasteiger partial charge in [-0.15, -0.1) is 0 Å². The number of nitrogens with zero attached hydrogens (tertiary/aromatic N) is 1. The van der Waals surface area contributed by atoms with Gasteiger partial charge in [0.2, 0.25) is 12.5 Å². The smallest absolute Gasteiger partial charge is 0.231 e. The topological polar surface area (TPSA) is 70.5 Å². The third kappa shape index (κ3) is 2.65. The van der Waals surface area contributed by atoms with Gasteiger partial charge in [0.15, 0.2) is 23.0 Å². The number of ether oxygens (including phenoxy) is 5. The quantitative estimate of drug-likeness (QED) is 0.888. The Morgan fingerprint density at radius 3 is 2.50 bits per heavy atom. The summed E-state index contributed by atoms with van der Waals surface area (Å²) < 4.78 is 27.3. The van der Waals surface area contributed by atoms with Gasteiger partial charge in [0.25, 0.3) is 0 Å². The fourth-order valence-electron chi connectivity index (χ4n) is 3.28. The van der Waals surface area contributed by atoms with E-state index < -0.39 is 0 Å². The molecule has 0 fully saturated rings. The minimum Gasteiger partial charge on any atom is -0.493 e. The summed E-state index contributed by atoms with van der Waals surface area (Å²) in [6.45, 7) is 0.250. The maximum Gasteiger partial charge on any atom is 0.231 e. The van der Waals surface area contributed by atoms with Crippen LogP contribution in [0.3, 0.4) is 0 Å². The first kappa shape index (κ1) is 16.4. The number of methoxy groups -OCH3 is 3. The van der Waals surface area contributed by atoms with Gasteiger partial charge in [-0.1, -0.05) is 12.1 Å². The molecule has 26 heavy (non-hydrogen) atoms. The largest absolute Gasteiger partial charge is 0.493 e. The first-order chi connectivity index (χ1) is 12.7. The molecule has 2 heterocycles. The number of nitrogens with one attached hydrogen (secondary N) is 1. The maximum absolute atomic E-state index is 5.62. The number of hydrazone groups is 1. The Labute approximate surface area is 151 Å². The van der Waals surface area contributed by atoms with Crippen molar-refractivity contribution in [2.24, 2.45) is 5.10 Å². The van der Waals surface area contributed by atoms with Gasteiger partial charge in [-0.3, -0.25) is 0 Å². The lowest BCUT2D eigenvalue weighted by Gasteiger charge is -2.15. The van der Waals surface area contributed by atoms with Gasteiger partial charge < -0.3 is 29.1 Å². The molecule has 2 aliphatic heterocycles. The van der Waals surface area contributed by atoms with Crippen LogP contribution in [0.5, 0.6) is 28.7 Å². The molecule has 0 amide bonds. The summed E-state index contributed by atoms with van der Waals surface area (Å²) >= 11 is 0. The van der Waals surface area contributed by atoms with Crippen molar-refractivity contribution in [1.82, 2.24) is 5.43 Å². The molecule has 0 aromatic heterocycles. The van der Waals surface area contributed by atoms with Gasteiger partial charge >= 0.3 is 0 Å². The molecule has 1 atom stereocenters. The van der Waals surface area contributed by atoms with E-state index in [1.165, 1.54) is 0 Å². The molecular weight excluding hydrogens is 336 g/mol. The number of hydrogen-bond acceptors (Lipinski definition) is 7. The van der Waals surface area contributed by atoms with Crippen molar-refractivity contribution in [3.05, 3.63) is 41.5 Å². The monoisotopic (exact) mass is 356 g/mol. The zero-order valence-electron chi connectivity index (χ0n) is 14.9. The number of fused-ring (bicyclic) bond motifs is 1. The lowest BCUT2D eigenvalue weighted by Crippen LogP contribution is -2.11. The van der Waals surface area contributed by atoms with Crippen molar-refractivity contribution in [3.63, 3.8) is 0 Å². The molecule has 0 bridgehead atoms. The van der Waals surface area contributed by atoms with Crippen LogP contribution in [-0.4, -0.2) is 33.8 Å². The van der Waals surface area contributed by atoms with Gasteiger partial charge in [0, 0.05) is 17.5 Å². The Bertz CT molecular complexity index is 840. The van der Waals surface area contributed by atoms with Crippen LogP contribution in [0, 0.1) is 0 Å². The maximum atomic E-state index is 5.62. The summed E-state index contributed by atoms with van der Waals surface area (Å²) in [5, 5.41) is 4.51. The van der Waals surface area contributed by atoms with E-state index in [-0.39, 0.29) is 12.8 Å². The average Bonchev–Trinajstić information content (AvgIpc) is 3.35. The molecule has 4 rings (SSSR count). The minimum absolute atomic E-state index is 0.0146. The molecule has 2 aliphatic rings. The zero-order valence-corrected chi connectivity index (χ0v) is 14.9. The van der Waals surface area contributed by atoms with E-state index in [1.807, 2.05) is 30.3 Å². The number of para-hydroxylation sites is 1. The van der Waals surface area contributed by atoms with Crippen LogP contribution in [0.15, 0.2) is 35.4 Å². The molecule has 2 aromatic carbocycles. The molecule has 1 unspecified atom stereocenters. The van der Waals surface area contributed by atoms with Crippen LogP contribution >= 0.6 is 0 Å². The van der Waals surface area contributed by atoms with E-state index in [2.05, 4.69) is 10.5 Å². The summed E-state index contributed by atoms with van der Waals surface area (Å²) in [5.74, 6) is 3.32. The predicted molar refractivity (Wildman–Crippen MR) is 95.7 cm³/mol. The standard InChI is InChI=1S/C19H20N2O5/c1-22-16-7-11(8-17(23-2)19(16)24-3)13-9-14(21-20-13)12-5-4-6-15-18(12)26-10-25-15/h4-8,14,21H,9-10H2,1-3H3. The summed E-state index contributed by atoms with van der Waals surface area (Å²) in [5.41, 5.74) is 6.05. The average molecular weight is 356 g/mol. The van der Waals surface area contributed by atoms with Crippen molar-refractivity contribution >= 4 is 5.71 Å². The van der Waals surface area contributed by atoms with Crippen LogP contribution in [0.1, 0.15) is 23.6 Å². The Morgan fingerprint density at radius 2 is 1.81 bits per heavy atom. The zero-order chi connectivity index (χ0) is 18.1. The Hall–Kier alpha value is -3.09. The van der Waals surface area contributed by atoms with Gasteiger partial charge in [-0.05, 0) is 18.2 Å². The third-order valence-corrected chi connectivity index (χ3v) is 4.55. The molecule has 7 heteroatoms. The number of hydrogen-bond donors (Lipinski definition) is 1. The summed E-state index contributed by atoms with van der Waals surface area (Å²) in [7, 11) is 4.79. The molecule has 0 aliphatic carbocycles. The second kappa shape index (κ2) is 6.67. The summed E-state index contributed by atoms with van der Waals surface area (Å²) in [6, 6.07) is 9.71. The van der Waals surface area contributed by atoms with Crippen molar-refractivity contribution in [1.29, 1.82) is 0 Å². The summed E-state index contributed by atoms with van der Waals surface area (Å²) in [6.07, 6.45) is 0.707. The highest BCUT2D eigenvalue weighted by Crippen LogP contribution is 2.42. The van der Waals surface area contributed by atoms with Gasteiger partial charge in [-0.2, -0.15) is 5.10 Å². The Kier molecular flexibility index (Phi) is 4.20. The van der Waals surface area contributed by atoms with Gasteiger partial charge in [0.05, 0.1) is 33.1 Å². The molecule has 1 N–H and O–H groups in total.